The molecule has 2 aliphatic heterocycles. The van der Waals surface area contributed by atoms with Crippen LogP contribution in [0.1, 0.15) is 13.3 Å². The fourth-order valence-electron chi connectivity index (χ4n) is 1.86. The largest absolute Gasteiger partial charge is 0.378 e. The van der Waals surface area contributed by atoms with E-state index in [-0.39, 0.29) is 19.0 Å². The molecular weight excluding hydrogens is 202 g/mol. The van der Waals surface area contributed by atoms with E-state index in [4.69, 9.17) is 17.1 Å². The quantitative estimate of drug-likeness (QED) is 0.455. The van der Waals surface area contributed by atoms with E-state index in [0.717, 1.165) is 18.8 Å². The summed E-state index contributed by atoms with van der Waals surface area (Å²) in [5.74, 6) is 1.57. The lowest BCUT2D eigenvalue weighted by Gasteiger charge is -2.38. The van der Waals surface area contributed by atoms with Crippen molar-refractivity contribution in [3.05, 3.63) is 0 Å². The van der Waals surface area contributed by atoms with Gasteiger partial charge in [-0.3, -0.25) is 0 Å². The Hall–Kier alpha value is 0.765. The molecule has 2 nitrogen and oxygen atoms in total. The number of rotatable bonds is 0. The predicted octanol–water partition coefficient (Wildman–Crippen LogP) is 1.98. The van der Waals surface area contributed by atoms with Crippen LogP contribution in [0, 0.1) is 5.92 Å². The Morgan fingerprint density at radius 2 is 2.38 bits per heavy atom. The van der Waals surface area contributed by atoms with E-state index in [2.05, 4.69) is 13.6 Å². The summed E-state index contributed by atoms with van der Waals surface area (Å²) in [5, 5.41) is 0. The second kappa shape index (κ2) is 3.73. The van der Waals surface area contributed by atoms with Crippen molar-refractivity contribution in [3.63, 3.8) is 0 Å². The van der Waals surface area contributed by atoms with E-state index in [1.807, 2.05) is 11.4 Å². The van der Waals surface area contributed by atoms with Gasteiger partial charge in [-0.15, -0.1) is 11.4 Å². The first-order valence-corrected chi connectivity index (χ1v) is 7.85. The van der Waals surface area contributed by atoms with Gasteiger partial charge < -0.3 is 9.26 Å². The summed E-state index contributed by atoms with van der Waals surface area (Å²) in [4.78, 5) is 0. The Morgan fingerprint density at radius 1 is 1.62 bits per heavy atom. The molecule has 2 heterocycles. The molecule has 0 aromatic carbocycles. The third-order valence-electron chi connectivity index (χ3n) is 2.85. The summed E-state index contributed by atoms with van der Waals surface area (Å²) in [6.45, 7) is 5.09. The van der Waals surface area contributed by atoms with Crippen LogP contribution in [-0.2, 0) is 9.26 Å². The van der Waals surface area contributed by atoms with Crippen molar-refractivity contribution in [2.75, 3.05) is 19.0 Å². The van der Waals surface area contributed by atoms with Crippen molar-refractivity contribution >= 4 is 26.6 Å². The van der Waals surface area contributed by atoms with Crippen molar-refractivity contribution in [1.29, 1.82) is 0 Å². The average Bonchev–Trinajstić information content (AvgIpc) is 2.34. The molecule has 0 N–H and O–H groups in total. The van der Waals surface area contributed by atoms with Crippen LogP contribution in [0.5, 0.6) is 0 Å². The molecule has 4 atom stereocenters. The van der Waals surface area contributed by atoms with Crippen LogP contribution in [0.4, 0.5) is 0 Å². The van der Waals surface area contributed by atoms with Gasteiger partial charge in [-0.25, -0.2) is 0 Å². The summed E-state index contributed by atoms with van der Waals surface area (Å²) >= 11 is 1.88. The van der Waals surface area contributed by atoms with Gasteiger partial charge in [0.05, 0.1) is 14.0 Å². The molecule has 2 rings (SSSR count). The Balaban J connectivity index is 2.04. The third kappa shape index (κ3) is 1.92. The van der Waals surface area contributed by atoms with E-state index in [0.29, 0.717) is 5.92 Å². The highest BCUT2D eigenvalue weighted by Gasteiger charge is 2.47. The molecule has 2 aliphatic rings. The molecule has 72 valence electrons. The number of hydrogen-bond donors (Lipinski definition) is 0. The van der Waals surface area contributed by atoms with E-state index in [1.165, 1.54) is 0 Å². The van der Waals surface area contributed by atoms with E-state index in [1.54, 1.807) is 0 Å². The van der Waals surface area contributed by atoms with Crippen molar-refractivity contribution in [2.45, 2.75) is 24.9 Å². The van der Waals surface area contributed by atoms with Crippen molar-refractivity contribution in [3.8, 4) is 0 Å². The summed E-state index contributed by atoms with van der Waals surface area (Å²) < 4.78 is 11.5. The van der Waals surface area contributed by atoms with E-state index < -0.39 is 0 Å². The zero-order valence-electron chi connectivity index (χ0n) is 8.03. The highest BCUT2D eigenvalue weighted by molar-refractivity contribution is 8.54. The molecule has 0 saturated carbocycles. The number of ether oxygens (including phenoxy) is 1. The lowest BCUT2D eigenvalue weighted by molar-refractivity contribution is -0.0424. The minimum absolute atomic E-state index is 0.0830. The summed E-state index contributed by atoms with van der Waals surface area (Å²) in [6, 6.07) is -0.0830. The Bertz CT molecular complexity index is 197. The molecule has 2 saturated heterocycles. The molecule has 2 radical (unpaired) electrons. The van der Waals surface area contributed by atoms with Crippen LogP contribution >= 0.6 is 18.7 Å². The SMILES string of the molecule is [B][C@H]1CC(C)[C@]2(COP(C)SC2)O1. The van der Waals surface area contributed by atoms with Crippen molar-refractivity contribution in [2.24, 2.45) is 5.92 Å². The maximum atomic E-state index is 5.79. The van der Waals surface area contributed by atoms with E-state index in [9.17, 15) is 0 Å². The Labute approximate surface area is 86.1 Å². The highest BCUT2D eigenvalue weighted by atomic mass is 32.7. The Morgan fingerprint density at radius 3 is 2.85 bits per heavy atom. The fraction of sp³-hybridized carbons (Fsp3) is 1.00. The first kappa shape index (κ1) is 10.3. The first-order chi connectivity index (χ1) is 6.12. The molecule has 0 aromatic rings. The summed E-state index contributed by atoms with van der Waals surface area (Å²) in [5.41, 5.74) is -0.0844. The van der Waals surface area contributed by atoms with Gasteiger partial charge in [0.2, 0.25) is 0 Å². The molecule has 2 unspecified atom stereocenters. The molecule has 2 fully saturated rings. The monoisotopic (exact) mass is 216 g/mol. The molecule has 0 aliphatic carbocycles. The Kier molecular flexibility index (Phi) is 2.95. The standard InChI is InChI=1S/C8H14BO2PS/c1-6-3-7(9)11-8(6)4-10-12(2)13-5-8/h6-7H,3-5H2,1-2H3/t6?,7-,8-,12?/m1/s1. The fourth-order valence-corrected chi connectivity index (χ4v) is 4.75. The van der Waals surface area contributed by atoms with Gasteiger partial charge in [0.25, 0.3) is 0 Å². The first-order valence-electron chi connectivity index (χ1n) is 4.55. The van der Waals surface area contributed by atoms with Crippen LogP contribution in [0.2, 0.25) is 0 Å². The van der Waals surface area contributed by atoms with Crippen LogP contribution in [0.3, 0.4) is 0 Å². The summed E-state index contributed by atoms with van der Waals surface area (Å²) in [7, 11) is 5.51. The van der Waals surface area contributed by atoms with Crippen LogP contribution in [-0.4, -0.2) is 38.5 Å². The minimum Gasteiger partial charge on any atom is -0.378 e. The minimum atomic E-state index is -0.271. The van der Waals surface area contributed by atoms with Crippen molar-refractivity contribution < 1.29 is 9.26 Å². The van der Waals surface area contributed by atoms with Gasteiger partial charge in [0.15, 0.2) is 0 Å². The predicted molar refractivity (Wildman–Crippen MR) is 58.4 cm³/mol. The van der Waals surface area contributed by atoms with Gasteiger partial charge in [-0.2, -0.15) is 0 Å². The maximum absolute atomic E-state index is 5.79. The number of hydrogen-bond acceptors (Lipinski definition) is 3. The molecule has 0 amide bonds. The zero-order valence-corrected chi connectivity index (χ0v) is 9.74. The molecular formula is C8H14BO2PS. The normalized spacial score (nSPS) is 51.4. The molecule has 1 spiro atoms. The molecule has 13 heavy (non-hydrogen) atoms. The topological polar surface area (TPSA) is 18.5 Å². The summed E-state index contributed by atoms with van der Waals surface area (Å²) in [6.07, 6.45) is 0.964. The van der Waals surface area contributed by atoms with Crippen LogP contribution < -0.4 is 0 Å². The zero-order chi connectivity index (χ0) is 9.47. The smallest absolute Gasteiger partial charge is 0.109 e. The van der Waals surface area contributed by atoms with Gasteiger partial charge in [0, 0.05) is 11.8 Å². The van der Waals surface area contributed by atoms with Gasteiger partial charge in [0.1, 0.15) is 13.4 Å². The third-order valence-corrected chi connectivity index (χ3v) is 6.12. The average molecular weight is 216 g/mol. The lowest BCUT2D eigenvalue weighted by Crippen LogP contribution is -2.43. The lowest BCUT2D eigenvalue weighted by atomic mass is 9.87. The van der Waals surface area contributed by atoms with Gasteiger partial charge >= 0.3 is 0 Å². The van der Waals surface area contributed by atoms with Crippen LogP contribution in [0.15, 0.2) is 0 Å². The molecule has 0 aromatic heterocycles. The van der Waals surface area contributed by atoms with Gasteiger partial charge in [-0.05, 0) is 19.0 Å². The molecule has 0 bridgehead atoms. The maximum Gasteiger partial charge on any atom is 0.109 e. The molecule has 5 heteroatoms. The van der Waals surface area contributed by atoms with E-state index >= 15 is 0 Å². The highest BCUT2D eigenvalue weighted by Crippen LogP contribution is 2.56. The van der Waals surface area contributed by atoms with Crippen LogP contribution in [0.25, 0.3) is 0 Å². The second-order valence-corrected chi connectivity index (χ2v) is 7.85. The second-order valence-electron chi connectivity index (χ2n) is 3.84. The van der Waals surface area contributed by atoms with Crippen molar-refractivity contribution in [1.82, 2.24) is 0 Å². The van der Waals surface area contributed by atoms with Gasteiger partial charge in [-0.1, -0.05) is 6.92 Å².